The largest absolute Gasteiger partial charge is 0.379 e. The average molecular weight is 396 g/mol. The van der Waals surface area contributed by atoms with Crippen molar-refractivity contribution in [3.8, 4) is 0 Å². The van der Waals surface area contributed by atoms with Crippen molar-refractivity contribution in [2.45, 2.75) is 32.9 Å². The van der Waals surface area contributed by atoms with Gasteiger partial charge in [0.05, 0.1) is 18.9 Å². The summed E-state index contributed by atoms with van der Waals surface area (Å²) in [7, 11) is 1.78. The van der Waals surface area contributed by atoms with E-state index < -0.39 is 0 Å². The van der Waals surface area contributed by atoms with E-state index in [4.69, 9.17) is 4.74 Å². The second-order valence-electron chi connectivity index (χ2n) is 7.49. The van der Waals surface area contributed by atoms with E-state index in [-0.39, 0.29) is 5.56 Å². The normalized spacial score (nSPS) is 15.1. The highest BCUT2D eigenvalue weighted by atomic mass is 16.5. The summed E-state index contributed by atoms with van der Waals surface area (Å²) in [6.45, 7) is 7.16. The van der Waals surface area contributed by atoms with Crippen molar-refractivity contribution in [1.29, 1.82) is 0 Å². The lowest BCUT2D eigenvalue weighted by atomic mass is 10.1. The van der Waals surface area contributed by atoms with Crippen molar-refractivity contribution >= 4 is 17.0 Å². The molecule has 1 aliphatic rings. The zero-order valence-electron chi connectivity index (χ0n) is 17.1. The zero-order chi connectivity index (χ0) is 20.2. The second kappa shape index (κ2) is 8.75. The summed E-state index contributed by atoms with van der Waals surface area (Å²) in [5, 5.41) is 7.73. The van der Waals surface area contributed by atoms with Crippen LogP contribution in [-0.2, 0) is 31.3 Å². The van der Waals surface area contributed by atoms with Gasteiger partial charge in [-0.2, -0.15) is 5.10 Å². The minimum absolute atomic E-state index is 0.170. The van der Waals surface area contributed by atoms with Crippen LogP contribution in [0.2, 0.25) is 0 Å². The number of aromatic amines is 1. The SMILES string of the molecule is CCCc1nn(C)c2c(=O)[nH]c(NCc3cccc(CN4CCOCC4)c3)nc12. The standard InChI is InChI=1S/C21H28N6O2/c1-3-5-17-18-19(26(2)25-17)20(28)24-21(23-18)22-13-15-6-4-7-16(12-15)14-27-8-10-29-11-9-27/h4,6-7,12H,3,5,8-11,13-14H2,1-2H3,(H2,22,23,24,28). The molecule has 2 aromatic heterocycles. The molecule has 4 rings (SSSR count). The van der Waals surface area contributed by atoms with E-state index in [0.717, 1.165) is 56.9 Å². The first-order chi connectivity index (χ1) is 14.1. The number of nitrogens with zero attached hydrogens (tertiary/aromatic N) is 4. The molecule has 1 fully saturated rings. The number of ether oxygens (including phenoxy) is 1. The zero-order valence-corrected chi connectivity index (χ0v) is 17.1. The number of aryl methyl sites for hydroxylation is 2. The summed E-state index contributed by atoms with van der Waals surface area (Å²) >= 11 is 0. The molecule has 29 heavy (non-hydrogen) atoms. The van der Waals surface area contributed by atoms with E-state index in [1.54, 1.807) is 11.7 Å². The maximum Gasteiger partial charge on any atom is 0.278 e. The van der Waals surface area contributed by atoms with Gasteiger partial charge in [-0.1, -0.05) is 37.6 Å². The number of H-pyrrole nitrogens is 1. The van der Waals surface area contributed by atoms with Crippen LogP contribution in [0.15, 0.2) is 29.1 Å². The highest BCUT2D eigenvalue weighted by molar-refractivity contribution is 5.77. The monoisotopic (exact) mass is 396 g/mol. The Morgan fingerprint density at radius 1 is 1.24 bits per heavy atom. The molecule has 0 amide bonds. The van der Waals surface area contributed by atoms with Crippen LogP contribution in [0.1, 0.15) is 30.2 Å². The van der Waals surface area contributed by atoms with E-state index in [0.29, 0.717) is 23.5 Å². The predicted molar refractivity (Wildman–Crippen MR) is 113 cm³/mol. The molecule has 3 aromatic rings. The number of fused-ring (bicyclic) bond motifs is 1. The summed E-state index contributed by atoms with van der Waals surface area (Å²) in [5.41, 5.74) is 4.33. The molecule has 0 aliphatic carbocycles. The van der Waals surface area contributed by atoms with Gasteiger partial charge in [0.2, 0.25) is 5.95 Å². The van der Waals surface area contributed by atoms with Crippen LogP contribution in [-0.4, -0.2) is 51.0 Å². The van der Waals surface area contributed by atoms with Gasteiger partial charge in [0.1, 0.15) is 5.52 Å². The fourth-order valence-corrected chi connectivity index (χ4v) is 3.78. The molecular weight excluding hydrogens is 368 g/mol. The van der Waals surface area contributed by atoms with Crippen molar-refractivity contribution < 1.29 is 4.74 Å². The molecule has 1 aromatic carbocycles. The van der Waals surface area contributed by atoms with Crippen molar-refractivity contribution in [3.63, 3.8) is 0 Å². The molecule has 0 atom stereocenters. The molecule has 8 heteroatoms. The number of anilines is 1. The van der Waals surface area contributed by atoms with Gasteiger partial charge in [0.15, 0.2) is 5.52 Å². The van der Waals surface area contributed by atoms with Crippen LogP contribution >= 0.6 is 0 Å². The number of hydrogen-bond acceptors (Lipinski definition) is 6. The maximum absolute atomic E-state index is 12.5. The molecule has 0 saturated carbocycles. The Hall–Kier alpha value is -2.71. The average Bonchev–Trinajstić information content (AvgIpc) is 3.04. The van der Waals surface area contributed by atoms with Gasteiger partial charge < -0.3 is 10.1 Å². The van der Waals surface area contributed by atoms with Crippen LogP contribution in [0.4, 0.5) is 5.95 Å². The molecule has 154 valence electrons. The van der Waals surface area contributed by atoms with E-state index in [9.17, 15) is 4.79 Å². The van der Waals surface area contributed by atoms with Gasteiger partial charge in [-0.15, -0.1) is 0 Å². The molecule has 1 aliphatic heterocycles. The summed E-state index contributed by atoms with van der Waals surface area (Å²) in [6, 6.07) is 8.51. The van der Waals surface area contributed by atoms with Gasteiger partial charge in [-0.25, -0.2) is 4.98 Å². The van der Waals surface area contributed by atoms with E-state index in [1.165, 1.54) is 5.56 Å². The first kappa shape index (κ1) is 19.6. The fraction of sp³-hybridized carbons (Fsp3) is 0.476. The molecule has 0 spiro atoms. The Morgan fingerprint density at radius 2 is 2.03 bits per heavy atom. The molecule has 2 N–H and O–H groups in total. The summed E-state index contributed by atoms with van der Waals surface area (Å²) in [6.07, 6.45) is 1.76. The summed E-state index contributed by atoms with van der Waals surface area (Å²) < 4.78 is 7.04. The molecule has 0 radical (unpaired) electrons. The Kier molecular flexibility index (Phi) is 5.92. The first-order valence-corrected chi connectivity index (χ1v) is 10.2. The lowest BCUT2D eigenvalue weighted by Crippen LogP contribution is -2.35. The van der Waals surface area contributed by atoms with E-state index in [1.807, 2.05) is 0 Å². The minimum Gasteiger partial charge on any atom is -0.379 e. The van der Waals surface area contributed by atoms with Crippen LogP contribution in [0, 0.1) is 0 Å². The highest BCUT2D eigenvalue weighted by Gasteiger charge is 2.14. The van der Waals surface area contributed by atoms with Gasteiger partial charge in [-0.05, 0) is 17.5 Å². The molecule has 0 bridgehead atoms. The highest BCUT2D eigenvalue weighted by Crippen LogP contribution is 2.16. The van der Waals surface area contributed by atoms with E-state index in [2.05, 4.69) is 56.5 Å². The van der Waals surface area contributed by atoms with Crippen molar-refractivity contribution in [2.75, 3.05) is 31.6 Å². The molecular formula is C21H28N6O2. The lowest BCUT2D eigenvalue weighted by Gasteiger charge is -2.26. The Bertz CT molecular complexity index is 1040. The quantitative estimate of drug-likeness (QED) is 0.636. The van der Waals surface area contributed by atoms with Crippen molar-refractivity contribution in [3.05, 3.63) is 51.4 Å². The van der Waals surface area contributed by atoms with Gasteiger partial charge in [-0.3, -0.25) is 19.4 Å². The Labute approximate surface area is 169 Å². The predicted octanol–water partition coefficient (Wildman–Crippen LogP) is 2.05. The van der Waals surface area contributed by atoms with Crippen LogP contribution in [0.25, 0.3) is 11.0 Å². The minimum atomic E-state index is -0.170. The third kappa shape index (κ3) is 4.49. The van der Waals surface area contributed by atoms with Gasteiger partial charge in [0, 0.05) is 33.2 Å². The smallest absolute Gasteiger partial charge is 0.278 e. The Balaban J connectivity index is 1.48. The second-order valence-corrected chi connectivity index (χ2v) is 7.49. The molecule has 8 nitrogen and oxygen atoms in total. The number of benzene rings is 1. The first-order valence-electron chi connectivity index (χ1n) is 10.2. The summed E-state index contributed by atoms with van der Waals surface area (Å²) in [4.78, 5) is 22.4. The van der Waals surface area contributed by atoms with Crippen molar-refractivity contribution in [1.82, 2.24) is 24.6 Å². The number of morpholine rings is 1. The number of rotatable bonds is 7. The Morgan fingerprint density at radius 3 is 2.83 bits per heavy atom. The molecule has 3 heterocycles. The number of hydrogen-bond donors (Lipinski definition) is 2. The lowest BCUT2D eigenvalue weighted by molar-refractivity contribution is 0.0342. The van der Waals surface area contributed by atoms with Crippen molar-refractivity contribution in [2.24, 2.45) is 7.05 Å². The fourth-order valence-electron chi connectivity index (χ4n) is 3.78. The topological polar surface area (TPSA) is 88.1 Å². The van der Waals surface area contributed by atoms with Crippen LogP contribution in [0.5, 0.6) is 0 Å². The number of nitrogens with one attached hydrogen (secondary N) is 2. The number of aromatic nitrogens is 4. The third-order valence-electron chi connectivity index (χ3n) is 5.21. The van der Waals surface area contributed by atoms with Crippen LogP contribution < -0.4 is 10.9 Å². The van der Waals surface area contributed by atoms with Crippen LogP contribution in [0.3, 0.4) is 0 Å². The maximum atomic E-state index is 12.5. The van der Waals surface area contributed by atoms with Gasteiger partial charge >= 0.3 is 0 Å². The molecule has 1 saturated heterocycles. The molecule has 0 unspecified atom stereocenters. The van der Waals surface area contributed by atoms with Gasteiger partial charge in [0.25, 0.3) is 5.56 Å². The summed E-state index contributed by atoms with van der Waals surface area (Å²) in [5.74, 6) is 0.478. The third-order valence-corrected chi connectivity index (χ3v) is 5.21. The van der Waals surface area contributed by atoms with E-state index >= 15 is 0 Å².